The average molecular weight is 344 g/mol. The van der Waals surface area contributed by atoms with Gasteiger partial charge in [0.2, 0.25) is 0 Å². The zero-order valence-electron chi connectivity index (χ0n) is 13.0. The monoisotopic (exact) mass is 343 g/mol. The summed E-state index contributed by atoms with van der Waals surface area (Å²) in [6, 6.07) is 9.47. The van der Waals surface area contributed by atoms with Crippen LogP contribution >= 0.6 is 11.6 Å². The maximum atomic E-state index is 12.7. The molecular weight excluding hydrogens is 330 g/mol. The predicted molar refractivity (Wildman–Crippen MR) is 91.4 cm³/mol. The summed E-state index contributed by atoms with van der Waals surface area (Å²) in [5, 5.41) is 10.9. The lowest BCUT2D eigenvalue weighted by atomic mass is 10.0. The standard InChI is InChI=1S/C18H14ClNO4/c1-23-12-7-15-13(17(8-12)24-2)5-10(9-20-15)18(22)14-6-11(19)3-4-16(14)21/h3-9,21H,1-2H3. The molecule has 0 amide bonds. The molecule has 2 aromatic carbocycles. The molecule has 3 rings (SSSR count). The van der Waals surface area contributed by atoms with E-state index in [9.17, 15) is 9.90 Å². The van der Waals surface area contributed by atoms with Crippen LogP contribution in [0.4, 0.5) is 0 Å². The number of halogens is 1. The molecule has 0 atom stereocenters. The van der Waals surface area contributed by atoms with Crippen molar-refractivity contribution in [2.24, 2.45) is 0 Å². The van der Waals surface area contributed by atoms with Gasteiger partial charge in [0.1, 0.15) is 17.2 Å². The second kappa shape index (κ2) is 6.37. The highest BCUT2D eigenvalue weighted by Gasteiger charge is 2.16. The molecule has 122 valence electrons. The minimum Gasteiger partial charge on any atom is -0.507 e. The van der Waals surface area contributed by atoms with E-state index in [0.29, 0.717) is 33.0 Å². The van der Waals surface area contributed by atoms with Crippen LogP contribution in [0.15, 0.2) is 42.6 Å². The fraction of sp³-hybridized carbons (Fsp3) is 0.111. The Kier molecular flexibility index (Phi) is 4.27. The van der Waals surface area contributed by atoms with Crippen molar-refractivity contribution in [1.29, 1.82) is 0 Å². The number of hydrogen-bond donors (Lipinski definition) is 1. The molecule has 0 fully saturated rings. The number of nitrogens with zero attached hydrogens (tertiary/aromatic N) is 1. The van der Waals surface area contributed by atoms with Crippen molar-refractivity contribution >= 4 is 28.3 Å². The number of methoxy groups -OCH3 is 2. The van der Waals surface area contributed by atoms with Crippen LogP contribution in [0.25, 0.3) is 10.9 Å². The Morgan fingerprint density at radius 1 is 1.12 bits per heavy atom. The van der Waals surface area contributed by atoms with Crippen molar-refractivity contribution in [2.75, 3.05) is 14.2 Å². The number of hydrogen-bond acceptors (Lipinski definition) is 5. The van der Waals surface area contributed by atoms with Crippen molar-refractivity contribution in [3.05, 3.63) is 58.7 Å². The van der Waals surface area contributed by atoms with E-state index < -0.39 is 0 Å². The molecule has 0 spiro atoms. The smallest absolute Gasteiger partial charge is 0.198 e. The van der Waals surface area contributed by atoms with Crippen LogP contribution in [-0.4, -0.2) is 30.1 Å². The summed E-state index contributed by atoms with van der Waals surface area (Å²) in [6.07, 6.45) is 1.45. The molecular formula is C18H14ClNO4. The summed E-state index contributed by atoms with van der Waals surface area (Å²) in [4.78, 5) is 17.0. The first-order chi connectivity index (χ1) is 11.5. The number of pyridine rings is 1. The van der Waals surface area contributed by atoms with Gasteiger partial charge in [-0.15, -0.1) is 0 Å². The van der Waals surface area contributed by atoms with Crippen molar-refractivity contribution in [1.82, 2.24) is 4.98 Å². The predicted octanol–water partition coefficient (Wildman–Crippen LogP) is 3.84. The molecule has 0 saturated heterocycles. The van der Waals surface area contributed by atoms with Gasteiger partial charge < -0.3 is 14.6 Å². The van der Waals surface area contributed by atoms with Gasteiger partial charge >= 0.3 is 0 Å². The number of phenols is 1. The van der Waals surface area contributed by atoms with E-state index in [1.165, 1.54) is 31.5 Å². The number of carbonyl (C=O) groups excluding carboxylic acids is 1. The van der Waals surface area contributed by atoms with Gasteiger partial charge in [-0.1, -0.05) is 11.6 Å². The van der Waals surface area contributed by atoms with Gasteiger partial charge in [-0.2, -0.15) is 0 Å². The van der Waals surface area contributed by atoms with E-state index in [0.717, 1.165) is 0 Å². The van der Waals surface area contributed by atoms with Crippen LogP contribution in [-0.2, 0) is 0 Å². The number of benzene rings is 2. The van der Waals surface area contributed by atoms with E-state index in [2.05, 4.69) is 4.98 Å². The van der Waals surface area contributed by atoms with E-state index in [4.69, 9.17) is 21.1 Å². The van der Waals surface area contributed by atoms with Gasteiger partial charge in [-0.25, -0.2) is 0 Å². The number of aromatic nitrogens is 1. The zero-order valence-corrected chi connectivity index (χ0v) is 13.8. The van der Waals surface area contributed by atoms with Crippen LogP contribution in [0.5, 0.6) is 17.2 Å². The zero-order chi connectivity index (χ0) is 17.3. The molecule has 5 nitrogen and oxygen atoms in total. The summed E-state index contributed by atoms with van der Waals surface area (Å²) in [7, 11) is 3.09. The van der Waals surface area contributed by atoms with Gasteiger partial charge in [0.15, 0.2) is 5.78 Å². The van der Waals surface area contributed by atoms with Gasteiger partial charge in [0.05, 0.1) is 25.3 Å². The van der Waals surface area contributed by atoms with Gasteiger partial charge in [0.25, 0.3) is 0 Å². The molecule has 0 radical (unpaired) electrons. The molecule has 0 bridgehead atoms. The summed E-state index contributed by atoms with van der Waals surface area (Å²) in [5.41, 5.74) is 1.08. The molecule has 6 heteroatoms. The third-order valence-electron chi connectivity index (χ3n) is 3.66. The second-order valence-electron chi connectivity index (χ2n) is 5.11. The lowest BCUT2D eigenvalue weighted by molar-refractivity contribution is 0.103. The lowest BCUT2D eigenvalue weighted by Gasteiger charge is -2.10. The maximum Gasteiger partial charge on any atom is 0.198 e. The molecule has 1 heterocycles. The first-order valence-corrected chi connectivity index (χ1v) is 7.46. The first-order valence-electron chi connectivity index (χ1n) is 7.08. The third-order valence-corrected chi connectivity index (χ3v) is 3.89. The molecule has 1 N–H and O–H groups in total. The highest BCUT2D eigenvalue weighted by Crippen LogP contribution is 2.31. The number of aromatic hydroxyl groups is 1. The maximum absolute atomic E-state index is 12.7. The normalized spacial score (nSPS) is 10.6. The summed E-state index contributed by atoms with van der Waals surface area (Å²) in [6.45, 7) is 0. The molecule has 24 heavy (non-hydrogen) atoms. The summed E-state index contributed by atoms with van der Waals surface area (Å²) >= 11 is 5.91. The molecule has 1 aromatic heterocycles. The fourth-order valence-corrected chi connectivity index (χ4v) is 2.60. The van der Waals surface area contributed by atoms with Gasteiger partial charge in [-0.05, 0) is 24.3 Å². The Morgan fingerprint density at radius 3 is 2.62 bits per heavy atom. The number of ketones is 1. The van der Waals surface area contributed by atoms with E-state index in [1.54, 1.807) is 25.3 Å². The van der Waals surface area contributed by atoms with Crippen molar-refractivity contribution in [3.8, 4) is 17.2 Å². The Bertz CT molecular complexity index is 940. The third kappa shape index (κ3) is 2.86. The van der Waals surface area contributed by atoms with Crippen LogP contribution in [0, 0.1) is 0 Å². The first kappa shape index (κ1) is 16.1. The van der Waals surface area contributed by atoms with E-state index in [-0.39, 0.29) is 17.1 Å². The number of rotatable bonds is 4. The number of ether oxygens (including phenoxy) is 2. The lowest BCUT2D eigenvalue weighted by Crippen LogP contribution is -2.03. The average Bonchev–Trinajstić information content (AvgIpc) is 2.61. The quantitative estimate of drug-likeness (QED) is 0.729. The van der Waals surface area contributed by atoms with Crippen LogP contribution in [0.3, 0.4) is 0 Å². The fourth-order valence-electron chi connectivity index (χ4n) is 2.43. The highest BCUT2D eigenvalue weighted by atomic mass is 35.5. The summed E-state index contributed by atoms with van der Waals surface area (Å²) < 4.78 is 10.6. The van der Waals surface area contributed by atoms with Crippen LogP contribution in [0.2, 0.25) is 5.02 Å². The molecule has 0 aliphatic heterocycles. The van der Waals surface area contributed by atoms with Crippen molar-refractivity contribution < 1.29 is 19.4 Å². The highest BCUT2D eigenvalue weighted by molar-refractivity contribution is 6.31. The summed E-state index contributed by atoms with van der Waals surface area (Å²) in [5.74, 6) is 0.647. The SMILES string of the molecule is COc1cc(OC)c2cc(C(=O)c3cc(Cl)ccc3O)cnc2c1. The Hall–Kier alpha value is -2.79. The van der Waals surface area contributed by atoms with Crippen molar-refractivity contribution in [3.63, 3.8) is 0 Å². The topological polar surface area (TPSA) is 68.7 Å². The Balaban J connectivity index is 2.13. The minimum absolute atomic E-state index is 0.121. The largest absolute Gasteiger partial charge is 0.507 e. The van der Waals surface area contributed by atoms with Gasteiger partial charge in [-0.3, -0.25) is 9.78 Å². The number of phenolic OH excluding ortho intramolecular Hbond substituents is 1. The van der Waals surface area contributed by atoms with Crippen LogP contribution in [0.1, 0.15) is 15.9 Å². The Morgan fingerprint density at radius 2 is 1.92 bits per heavy atom. The van der Waals surface area contributed by atoms with E-state index >= 15 is 0 Å². The Labute approximate surface area is 143 Å². The number of fused-ring (bicyclic) bond motifs is 1. The molecule has 0 unspecified atom stereocenters. The molecule has 0 aliphatic carbocycles. The van der Waals surface area contributed by atoms with Gasteiger partial charge in [0, 0.05) is 34.3 Å². The van der Waals surface area contributed by atoms with Crippen LogP contribution < -0.4 is 9.47 Å². The second-order valence-corrected chi connectivity index (χ2v) is 5.55. The number of carbonyl (C=O) groups is 1. The van der Waals surface area contributed by atoms with E-state index in [1.807, 2.05) is 0 Å². The van der Waals surface area contributed by atoms with Crippen molar-refractivity contribution in [2.45, 2.75) is 0 Å². The molecule has 3 aromatic rings. The molecule has 0 aliphatic rings. The molecule has 0 saturated carbocycles. The minimum atomic E-state index is -0.373.